The molecule has 0 aliphatic carbocycles. The number of nitrogens with zero attached hydrogens (tertiary/aromatic N) is 2. The van der Waals surface area contributed by atoms with Gasteiger partial charge >= 0.3 is 11.9 Å². The molecule has 3 heterocycles. The fourth-order valence-electron chi connectivity index (χ4n) is 5.46. The molecule has 0 unspecified atom stereocenters. The molecule has 9 nitrogen and oxygen atoms in total. The third-order valence-electron chi connectivity index (χ3n) is 7.49. The molecule has 2 aliphatic heterocycles. The lowest BCUT2D eigenvalue weighted by Crippen LogP contribution is -2.29. The Labute approximate surface area is 258 Å². The number of aliphatic hydroxyl groups is 1. The molecule has 1 fully saturated rings. The number of benzene rings is 3. The van der Waals surface area contributed by atoms with Crippen LogP contribution < -0.4 is 14.4 Å². The van der Waals surface area contributed by atoms with Gasteiger partial charge in [0.1, 0.15) is 34.8 Å². The molecule has 2 atom stereocenters. The predicted molar refractivity (Wildman–Crippen MR) is 165 cm³/mol. The lowest BCUT2D eigenvalue weighted by Gasteiger charge is -2.23. The summed E-state index contributed by atoms with van der Waals surface area (Å²) in [5.41, 5.74) is 3.08. The van der Waals surface area contributed by atoms with Gasteiger partial charge in [-0.25, -0.2) is 9.78 Å². The molecule has 224 valence electrons. The Morgan fingerprint density at radius 2 is 1.89 bits per heavy atom. The number of amides is 1. The molecule has 10 heteroatoms. The molecule has 44 heavy (non-hydrogen) atoms. The summed E-state index contributed by atoms with van der Waals surface area (Å²) in [4.78, 5) is 46.0. The van der Waals surface area contributed by atoms with Crippen molar-refractivity contribution in [2.45, 2.75) is 45.9 Å². The first-order valence-electron chi connectivity index (χ1n) is 14.3. The van der Waals surface area contributed by atoms with Gasteiger partial charge in [0.25, 0.3) is 5.78 Å². The van der Waals surface area contributed by atoms with E-state index < -0.39 is 23.7 Å². The molecule has 0 bridgehead atoms. The van der Waals surface area contributed by atoms with E-state index >= 15 is 0 Å². The Morgan fingerprint density at radius 3 is 2.66 bits per heavy atom. The minimum Gasteiger partial charge on any atom is -0.507 e. The summed E-state index contributed by atoms with van der Waals surface area (Å²) in [5, 5.41) is 11.8. The maximum atomic E-state index is 13.7. The van der Waals surface area contributed by atoms with Crippen molar-refractivity contribution in [1.29, 1.82) is 0 Å². The Hall–Kier alpha value is -4.96. The highest BCUT2D eigenvalue weighted by Crippen LogP contribution is 2.45. The number of Topliss-reactive ketones (excluding diaryl/α,β-unsaturated/α-hetero) is 1. The maximum Gasteiger partial charge on any atom is 0.350 e. The molecule has 1 saturated heterocycles. The van der Waals surface area contributed by atoms with Crippen molar-refractivity contribution in [2.24, 2.45) is 0 Å². The smallest absolute Gasteiger partial charge is 0.350 e. The highest BCUT2D eigenvalue weighted by atomic mass is 32.1. The highest BCUT2D eigenvalue weighted by Gasteiger charge is 2.48. The van der Waals surface area contributed by atoms with Gasteiger partial charge < -0.3 is 19.3 Å². The Kier molecular flexibility index (Phi) is 7.92. The maximum absolute atomic E-state index is 13.7. The minimum atomic E-state index is -1.04. The van der Waals surface area contributed by atoms with Crippen LogP contribution in [0.15, 0.2) is 78.4 Å². The molecule has 1 N–H and O–H groups in total. The van der Waals surface area contributed by atoms with Crippen LogP contribution in [0.1, 0.15) is 57.5 Å². The zero-order valence-corrected chi connectivity index (χ0v) is 25.2. The lowest BCUT2D eigenvalue weighted by atomic mass is 9.94. The van der Waals surface area contributed by atoms with Crippen molar-refractivity contribution in [3.05, 3.63) is 111 Å². The zero-order valence-electron chi connectivity index (χ0n) is 24.4. The Morgan fingerprint density at radius 1 is 1.09 bits per heavy atom. The SMILES string of the molecule is CCOC(=O)c1sc(N2C(=O)C(=O)/C(=C(/O)c3ccc4c(c3)C[C@@H](C)O4)[C@H]2c2cccc(OCc3ccccc3)c2)nc1C. The van der Waals surface area contributed by atoms with Crippen LogP contribution in [-0.4, -0.2) is 40.5 Å². The number of carbonyl (C=O) groups excluding carboxylic acids is 3. The number of aliphatic hydroxyl groups excluding tert-OH is 1. The molecular formula is C34H30N2O7S. The van der Waals surface area contributed by atoms with Crippen LogP contribution in [0.3, 0.4) is 0 Å². The molecule has 3 aromatic carbocycles. The van der Waals surface area contributed by atoms with E-state index in [0.29, 0.717) is 35.6 Å². The van der Waals surface area contributed by atoms with E-state index in [9.17, 15) is 19.5 Å². The number of hydrogen-bond donors (Lipinski definition) is 1. The number of anilines is 1. The van der Waals surface area contributed by atoms with Crippen LogP contribution in [0.4, 0.5) is 5.13 Å². The molecule has 0 saturated carbocycles. The summed E-state index contributed by atoms with van der Waals surface area (Å²) < 4.78 is 17.0. The molecule has 1 aromatic heterocycles. The van der Waals surface area contributed by atoms with E-state index in [0.717, 1.165) is 28.2 Å². The molecule has 6 rings (SSSR count). The number of ether oxygens (including phenoxy) is 3. The lowest BCUT2D eigenvalue weighted by molar-refractivity contribution is -0.132. The van der Waals surface area contributed by atoms with E-state index in [1.165, 1.54) is 4.90 Å². The van der Waals surface area contributed by atoms with Crippen molar-refractivity contribution in [3.8, 4) is 11.5 Å². The summed E-state index contributed by atoms with van der Waals surface area (Å²) in [6.07, 6.45) is 0.651. The van der Waals surface area contributed by atoms with Gasteiger partial charge in [-0.1, -0.05) is 53.8 Å². The first-order chi connectivity index (χ1) is 21.2. The van der Waals surface area contributed by atoms with Gasteiger partial charge in [0, 0.05) is 12.0 Å². The highest BCUT2D eigenvalue weighted by molar-refractivity contribution is 7.17. The van der Waals surface area contributed by atoms with Crippen LogP contribution >= 0.6 is 11.3 Å². The quantitative estimate of drug-likeness (QED) is 0.109. The van der Waals surface area contributed by atoms with Crippen molar-refractivity contribution < 1.29 is 33.7 Å². The van der Waals surface area contributed by atoms with Crippen LogP contribution in [0, 0.1) is 6.92 Å². The monoisotopic (exact) mass is 610 g/mol. The van der Waals surface area contributed by atoms with Crippen LogP contribution in [0.25, 0.3) is 5.76 Å². The van der Waals surface area contributed by atoms with E-state index in [4.69, 9.17) is 14.2 Å². The average molecular weight is 611 g/mol. The third-order valence-corrected chi connectivity index (χ3v) is 8.63. The largest absolute Gasteiger partial charge is 0.507 e. The number of fused-ring (bicyclic) bond motifs is 1. The number of hydrogen-bond acceptors (Lipinski definition) is 9. The molecular weight excluding hydrogens is 580 g/mol. The predicted octanol–water partition coefficient (Wildman–Crippen LogP) is 6.16. The first-order valence-corrected chi connectivity index (χ1v) is 15.1. The molecule has 0 spiro atoms. The second kappa shape index (κ2) is 12.0. The topological polar surface area (TPSA) is 115 Å². The Balaban J connectivity index is 1.45. The van der Waals surface area contributed by atoms with Gasteiger partial charge in [-0.15, -0.1) is 0 Å². The summed E-state index contributed by atoms with van der Waals surface area (Å²) in [7, 11) is 0. The van der Waals surface area contributed by atoms with E-state index in [1.807, 2.05) is 37.3 Å². The number of aryl methyl sites for hydroxylation is 1. The van der Waals surface area contributed by atoms with Crippen molar-refractivity contribution in [2.75, 3.05) is 11.5 Å². The van der Waals surface area contributed by atoms with Crippen molar-refractivity contribution in [3.63, 3.8) is 0 Å². The number of thiazole rings is 1. The van der Waals surface area contributed by atoms with Crippen LogP contribution in [0.2, 0.25) is 0 Å². The van der Waals surface area contributed by atoms with Gasteiger partial charge in [-0.2, -0.15) is 0 Å². The average Bonchev–Trinajstić information content (AvgIpc) is 3.68. The number of aromatic nitrogens is 1. The fourth-order valence-corrected chi connectivity index (χ4v) is 6.44. The minimum absolute atomic E-state index is 0.00617. The van der Waals surface area contributed by atoms with Gasteiger partial charge in [-0.3, -0.25) is 14.5 Å². The summed E-state index contributed by atoms with van der Waals surface area (Å²) >= 11 is 0.962. The summed E-state index contributed by atoms with van der Waals surface area (Å²) in [6, 6.07) is 20.9. The summed E-state index contributed by atoms with van der Waals surface area (Å²) in [6.45, 7) is 5.79. The molecule has 0 radical (unpaired) electrons. The third kappa shape index (κ3) is 5.44. The second-order valence-electron chi connectivity index (χ2n) is 10.6. The first kappa shape index (κ1) is 29.1. The van der Waals surface area contributed by atoms with E-state index in [2.05, 4.69) is 4.98 Å². The zero-order chi connectivity index (χ0) is 31.0. The second-order valence-corrected chi connectivity index (χ2v) is 11.6. The number of rotatable bonds is 8. The number of carbonyl (C=O) groups is 3. The van der Waals surface area contributed by atoms with Crippen LogP contribution in [-0.2, 0) is 27.4 Å². The molecule has 4 aromatic rings. The Bertz CT molecular complexity index is 1800. The van der Waals surface area contributed by atoms with Crippen LogP contribution in [0.5, 0.6) is 11.5 Å². The van der Waals surface area contributed by atoms with Gasteiger partial charge in [-0.05, 0) is 67.8 Å². The number of esters is 1. The molecule has 1 amide bonds. The van der Waals surface area contributed by atoms with Crippen molar-refractivity contribution in [1.82, 2.24) is 4.98 Å². The van der Waals surface area contributed by atoms with E-state index in [-0.39, 0.29) is 34.1 Å². The normalized spacial score (nSPS) is 18.7. The van der Waals surface area contributed by atoms with Gasteiger partial charge in [0.2, 0.25) is 0 Å². The van der Waals surface area contributed by atoms with E-state index in [1.54, 1.807) is 56.3 Å². The van der Waals surface area contributed by atoms with Gasteiger partial charge in [0.15, 0.2) is 5.13 Å². The number of ketones is 1. The molecule has 2 aliphatic rings. The van der Waals surface area contributed by atoms with Crippen molar-refractivity contribution >= 4 is 39.9 Å². The summed E-state index contributed by atoms with van der Waals surface area (Å²) in [5.74, 6) is -1.36. The van der Waals surface area contributed by atoms with Gasteiger partial charge in [0.05, 0.1) is 23.9 Å². The fraction of sp³-hybridized carbons (Fsp3) is 0.235. The standard InChI is InChI=1S/C34H30N2O7S/c1-4-41-33(40)31-20(3)35-34(44-31)36-28(22-11-8-12-25(17-22)42-18-21-9-6-5-7-10-21)27(30(38)32(36)39)29(37)23-13-14-26-24(16-23)15-19(2)43-26/h5-14,16-17,19,28,37H,4,15,18H2,1-3H3/b29-27+/t19-,28-/m1/s1.